The van der Waals surface area contributed by atoms with Crippen LogP contribution in [0.5, 0.6) is 17.2 Å². The largest absolute Gasteiger partial charge is 0.504 e. The summed E-state index contributed by atoms with van der Waals surface area (Å²) in [6, 6.07) is 2.69. The quantitative estimate of drug-likeness (QED) is 0.373. The van der Waals surface area contributed by atoms with E-state index < -0.39 is 0 Å². The van der Waals surface area contributed by atoms with Crippen LogP contribution in [0.25, 0.3) is 0 Å². The van der Waals surface area contributed by atoms with E-state index in [1.165, 1.54) is 12.1 Å². The van der Waals surface area contributed by atoms with Crippen LogP contribution in [0.1, 0.15) is 24.8 Å². The van der Waals surface area contributed by atoms with Gasteiger partial charge in [-0.3, -0.25) is 4.79 Å². The molecule has 0 saturated carbocycles. The number of phenolic OH excluding ortho intramolecular Hbond substituents is 2. The number of aromatic hydroxyl groups is 2. The van der Waals surface area contributed by atoms with Gasteiger partial charge in [-0.25, -0.2) is 0 Å². The second kappa shape index (κ2) is 2.90. The number of phenols is 2. The molecule has 1 aliphatic rings. The second-order valence-corrected chi connectivity index (χ2v) is 3.46. The topological polar surface area (TPSA) is 66.8 Å². The molecular weight excluding hydrogens is 184 g/mol. The van der Waals surface area contributed by atoms with Gasteiger partial charge in [0.05, 0.1) is 6.42 Å². The van der Waals surface area contributed by atoms with E-state index >= 15 is 0 Å². The van der Waals surface area contributed by atoms with Gasteiger partial charge in [0, 0.05) is 11.6 Å². The second-order valence-electron chi connectivity index (χ2n) is 3.46. The summed E-state index contributed by atoms with van der Waals surface area (Å²) in [6.07, 6.45) is 0.303. The molecular formula is C10H10O4. The fourth-order valence-electron chi connectivity index (χ4n) is 1.57. The van der Waals surface area contributed by atoms with Crippen LogP contribution in [0.2, 0.25) is 0 Å². The highest BCUT2D eigenvalue weighted by Crippen LogP contribution is 2.40. The molecule has 14 heavy (non-hydrogen) atoms. The molecule has 1 aromatic rings. The molecule has 1 heterocycles. The lowest BCUT2D eigenvalue weighted by Gasteiger charge is -2.21. The zero-order valence-electron chi connectivity index (χ0n) is 7.65. The van der Waals surface area contributed by atoms with Crippen molar-refractivity contribution < 1.29 is 19.7 Å². The van der Waals surface area contributed by atoms with Crippen LogP contribution in [-0.4, -0.2) is 16.2 Å². The average molecular weight is 194 g/mol. The predicted molar refractivity (Wildman–Crippen MR) is 48.4 cm³/mol. The minimum absolute atomic E-state index is 0.0118. The Balaban J connectivity index is 2.54. The monoisotopic (exact) mass is 194 g/mol. The van der Waals surface area contributed by atoms with Gasteiger partial charge in [0.2, 0.25) is 0 Å². The standard InChI is InChI=1S/C10H10O4/c1-5-2-10(13)14-9-4-8(12)7(11)3-6(5)9/h3-5,11-12H,2H2,1H3/t5-/m1/s1. The van der Waals surface area contributed by atoms with E-state index in [9.17, 15) is 15.0 Å². The van der Waals surface area contributed by atoms with E-state index in [1.807, 2.05) is 6.92 Å². The Hall–Kier alpha value is -1.71. The molecule has 0 bridgehead atoms. The number of benzene rings is 1. The van der Waals surface area contributed by atoms with Crippen molar-refractivity contribution in [2.75, 3.05) is 0 Å². The molecule has 0 saturated heterocycles. The van der Waals surface area contributed by atoms with Crippen LogP contribution in [0, 0.1) is 0 Å². The predicted octanol–water partition coefficient (Wildman–Crippen LogP) is 1.51. The Morgan fingerprint density at radius 1 is 1.36 bits per heavy atom. The first-order chi connectivity index (χ1) is 6.58. The third-order valence-corrected chi connectivity index (χ3v) is 2.33. The SMILES string of the molecule is C[C@@H]1CC(=O)Oc2cc(O)c(O)cc21. The Labute approximate surface area is 80.7 Å². The van der Waals surface area contributed by atoms with Crippen molar-refractivity contribution in [3.63, 3.8) is 0 Å². The van der Waals surface area contributed by atoms with Gasteiger partial charge in [-0.15, -0.1) is 0 Å². The molecule has 0 amide bonds. The summed E-state index contributed by atoms with van der Waals surface area (Å²) in [6.45, 7) is 1.87. The summed E-state index contributed by atoms with van der Waals surface area (Å²) in [5.74, 6) is -0.420. The zero-order chi connectivity index (χ0) is 10.3. The van der Waals surface area contributed by atoms with Crippen LogP contribution in [0.3, 0.4) is 0 Å². The number of carbonyl (C=O) groups is 1. The lowest BCUT2D eigenvalue weighted by atomic mass is 9.94. The third-order valence-electron chi connectivity index (χ3n) is 2.33. The van der Waals surface area contributed by atoms with Gasteiger partial charge in [0.1, 0.15) is 5.75 Å². The van der Waals surface area contributed by atoms with E-state index in [4.69, 9.17) is 4.74 Å². The van der Waals surface area contributed by atoms with Crippen molar-refractivity contribution in [2.24, 2.45) is 0 Å². The minimum atomic E-state index is -0.310. The van der Waals surface area contributed by atoms with Gasteiger partial charge in [-0.1, -0.05) is 6.92 Å². The molecule has 4 nitrogen and oxygen atoms in total. The third kappa shape index (κ3) is 1.28. The lowest BCUT2D eigenvalue weighted by Crippen LogP contribution is -2.18. The van der Waals surface area contributed by atoms with E-state index in [0.717, 1.165) is 5.56 Å². The molecule has 1 aromatic carbocycles. The molecule has 2 N–H and O–H groups in total. The number of carbonyl (C=O) groups excluding carboxylic acids is 1. The van der Waals surface area contributed by atoms with Gasteiger partial charge in [0.25, 0.3) is 0 Å². The number of esters is 1. The summed E-state index contributed by atoms with van der Waals surface area (Å²) in [7, 11) is 0. The Morgan fingerprint density at radius 3 is 2.71 bits per heavy atom. The normalized spacial score (nSPS) is 20.1. The van der Waals surface area contributed by atoms with Crippen LogP contribution < -0.4 is 4.74 Å². The maximum Gasteiger partial charge on any atom is 0.311 e. The molecule has 0 radical (unpaired) electrons. The summed E-state index contributed by atoms with van der Waals surface area (Å²) < 4.78 is 4.93. The number of rotatable bonds is 0. The highest BCUT2D eigenvalue weighted by atomic mass is 16.5. The van der Waals surface area contributed by atoms with Crippen molar-refractivity contribution in [1.82, 2.24) is 0 Å². The molecule has 0 spiro atoms. The van der Waals surface area contributed by atoms with Crippen LogP contribution in [-0.2, 0) is 4.79 Å². The minimum Gasteiger partial charge on any atom is -0.504 e. The number of ether oxygens (including phenoxy) is 1. The number of hydrogen-bond donors (Lipinski definition) is 2. The highest BCUT2D eigenvalue weighted by molar-refractivity contribution is 5.77. The van der Waals surface area contributed by atoms with Crippen molar-refractivity contribution in [2.45, 2.75) is 19.3 Å². The first-order valence-corrected chi connectivity index (χ1v) is 4.34. The van der Waals surface area contributed by atoms with Gasteiger partial charge < -0.3 is 14.9 Å². The van der Waals surface area contributed by atoms with Crippen molar-refractivity contribution in [1.29, 1.82) is 0 Å². The van der Waals surface area contributed by atoms with E-state index in [1.54, 1.807) is 0 Å². The average Bonchev–Trinajstić information content (AvgIpc) is 2.08. The molecule has 2 rings (SSSR count). The molecule has 0 aliphatic carbocycles. The summed E-state index contributed by atoms with van der Waals surface area (Å²) in [5.41, 5.74) is 0.750. The van der Waals surface area contributed by atoms with Crippen molar-refractivity contribution in [3.05, 3.63) is 17.7 Å². The maximum absolute atomic E-state index is 11.1. The Kier molecular flexibility index (Phi) is 1.84. The van der Waals surface area contributed by atoms with Crippen LogP contribution in [0.4, 0.5) is 0 Å². The number of hydrogen-bond acceptors (Lipinski definition) is 4. The molecule has 0 fully saturated rings. The maximum atomic E-state index is 11.1. The molecule has 4 heteroatoms. The fraction of sp³-hybridized carbons (Fsp3) is 0.300. The van der Waals surface area contributed by atoms with E-state index in [0.29, 0.717) is 12.2 Å². The molecule has 1 atom stereocenters. The van der Waals surface area contributed by atoms with E-state index in [2.05, 4.69) is 0 Å². The first kappa shape index (κ1) is 8.87. The Morgan fingerprint density at radius 2 is 2.00 bits per heavy atom. The summed E-state index contributed by atoms with van der Waals surface area (Å²) >= 11 is 0. The smallest absolute Gasteiger partial charge is 0.311 e. The van der Waals surface area contributed by atoms with Gasteiger partial charge in [-0.05, 0) is 12.0 Å². The zero-order valence-corrected chi connectivity index (χ0v) is 7.65. The van der Waals surface area contributed by atoms with Gasteiger partial charge >= 0.3 is 5.97 Å². The highest BCUT2D eigenvalue weighted by Gasteiger charge is 2.25. The lowest BCUT2D eigenvalue weighted by molar-refractivity contribution is -0.135. The van der Waals surface area contributed by atoms with Crippen LogP contribution in [0.15, 0.2) is 12.1 Å². The molecule has 1 aliphatic heterocycles. The fourth-order valence-corrected chi connectivity index (χ4v) is 1.57. The van der Waals surface area contributed by atoms with Crippen molar-refractivity contribution >= 4 is 5.97 Å². The molecule has 0 unspecified atom stereocenters. The first-order valence-electron chi connectivity index (χ1n) is 4.34. The van der Waals surface area contributed by atoms with Gasteiger partial charge in [0.15, 0.2) is 11.5 Å². The Bertz CT molecular complexity index is 397. The number of fused-ring (bicyclic) bond motifs is 1. The van der Waals surface area contributed by atoms with Crippen molar-refractivity contribution in [3.8, 4) is 17.2 Å². The summed E-state index contributed by atoms with van der Waals surface area (Å²) in [4.78, 5) is 11.1. The van der Waals surface area contributed by atoms with E-state index in [-0.39, 0.29) is 23.4 Å². The summed E-state index contributed by atoms with van der Waals surface area (Å²) in [5, 5.41) is 18.5. The van der Waals surface area contributed by atoms with Crippen LogP contribution >= 0.6 is 0 Å². The molecule has 0 aromatic heterocycles. The van der Waals surface area contributed by atoms with Gasteiger partial charge in [-0.2, -0.15) is 0 Å². The molecule has 74 valence electrons.